The summed E-state index contributed by atoms with van der Waals surface area (Å²) >= 11 is 0. The average Bonchev–Trinajstić information content (AvgIpc) is 3.16. The number of amides is 4. The molecule has 11 nitrogen and oxygen atoms in total. The topological polar surface area (TPSA) is 119 Å². The number of piperazine rings is 1. The Balaban J connectivity index is 1.59. The number of urea groups is 1. The van der Waals surface area contributed by atoms with Gasteiger partial charge in [0.25, 0.3) is 11.6 Å². The molecule has 1 fully saturated rings. The lowest BCUT2D eigenvalue weighted by Gasteiger charge is -2.34. The molecule has 1 atom stereocenters. The van der Waals surface area contributed by atoms with Crippen molar-refractivity contribution in [2.24, 2.45) is 0 Å². The summed E-state index contributed by atoms with van der Waals surface area (Å²) in [5.74, 6) is -0.494. The molecule has 180 valence electrons. The second-order valence-corrected chi connectivity index (χ2v) is 8.47. The predicted molar refractivity (Wildman–Crippen MR) is 124 cm³/mol. The molecule has 34 heavy (non-hydrogen) atoms. The van der Waals surface area contributed by atoms with Gasteiger partial charge in [0.05, 0.1) is 28.8 Å². The number of benzene rings is 1. The van der Waals surface area contributed by atoms with Crippen LogP contribution in [-0.2, 0) is 9.59 Å². The SMILES string of the molecule is C=CCN1C(=O)NC(c2cccc([N+](=O)[O-])c2)C2=C1CN(CC(=O)N1CCN(CC)CC1)C2=O. The summed E-state index contributed by atoms with van der Waals surface area (Å²) in [7, 11) is 0. The number of carbonyl (C=O) groups is 3. The number of hydrogen-bond donors (Lipinski definition) is 1. The second kappa shape index (κ2) is 9.64. The Hall–Kier alpha value is -3.73. The minimum Gasteiger partial charge on any atom is -0.339 e. The number of nitro groups is 1. The average molecular weight is 469 g/mol. The molecule has 0 aromatic heterocycles. The monoisotopic (exact) mass is 468 g/mol. The molecular weight excluding hydrogens is 440 g/mol. The molecule has 1 unspecified atom stereocenters. The zero-order valence-electron chi connectivity index (χ0n) is 19.1. The van der Waals surface area contributed by atoms with E-state index in [1.807, 2.05) is 0 Å². The molecule has 3 aliphatic heterocycles. The van der Waals surface area contributed by atoms with E-state index in [1.165, 1.54) is 28.0 Å². The lowest BCUT2D eigenvalue weighted by Crippen LogP contribution is -2.51. The maximum absolute atomic E-state index is 13.5. The Labute approximate surface area is 197 Å². The van der Waals surface area contributed by atoms with Crippen LogP contribution in [0.15, 0.2) is 48.2 Å². The number of nitro benzene ring substituents is 1. The third kappa shape index (κ3) is 4.38. The number of hydrogen-bond acceptors (Lipinski definition) is 6. The van der Waals surface area contributed by atoms with Gasteiger partial charge in [-0.15, -0.1) is 6.58 Å². The van der Waals surface area contributed by atoms with E-state index in [9.17, 15) is 24.5 Å². The third-order valence-electron chi connectivity index (χ3n) is 6.52. The standard InChI is InChI=1S/C23H28N6O5/c1-3-8-28-18-14-27(15-19(30)26-11-9-25(4-2)10-12-26)22(31)20(18)21(24-23(28)32)16-6-5-7-17(13-16)29(33)34/h3,5-7,13,21H,1,4,8-12,14-15H2,2H3,(H,24,32). The second-order valence-electron chi connectivity index (χ2n) is 8.47. The molecule has 11 heteroatoms. The largest absolute Gasteiger partial charge is 0.339 e. The van der Waals surface area contributed by atoms with Crippen molar-refractivity contribution in [2.75, 3.05) is 52.4 Å². The predicted octanol–water partition coefficient (Wildman–Crippen LogP) is 1.11. The van der Waals surface area contributed by atoms with Gasteiger partial charge < -0.3 is 20.0 Å². The van der Waals surface area contributed by atoms with Crippen molar-refractivity contribution < 1.29 is 19.3 Å². The van der Waals surface area contributed by atoms with Crippen molar-refractivity contribution in [3.63, 3.8) is 0 Å². The molecule has 1 N–H and O–H groups in total. The number of rotatable bonds is 7. The number of non-ortho nitro benzene ring substituents is 1. The van der Waals surface area contributed by atoms with Crippen LogP contribution in [0.2, 0.25) is 0 Å². The molecule has 1 aromatic carbocycles. The van der Waals surface area contributed by atoms with Crippen LogP contribution in [0.4, 0.5) is 10.5 Å². The highest BCUT2D eigenvalue weighted by atomic mass is 16.6. The van der Waals surface area contributed by atoms with Gasteiger partial charge in [-0.1, -0.05) is 25.1 Å². The molecule has 1 aromatic rings. The van der Waals surface area contributed by atoms with E-state index < -0.39 is 17.0 Å². The maximum Gasteiger partial charge on any atom is 0.322 e. The molecule has 4 amide bonds. The molecule has 0 saturated carbocycles. The third-order valence-corrected chi connectivity index (χ3v) is 6.52. The minimum atomic E-state index is -0.843. The van der Waals surface area contributed by atoms with Gasteiger partial charge in [0.15, 0.2) is 0 Å². The van der Waals surface area contributed by atoms with E-state index in [0.717, 1.165) is 19.6 Å². The number of likely N-dealkylation sites (N-methyl/N-ethyl adjacent to an activating group) is 1. The highest BCUT2D eigenvalue weighted by Gasteiger charge is 2.44. The van der Waals surface area contributed by atoms with Crippen LogP contribution in [0.3, 0.4) is 0 Å². The summed E-state index contributed by atoms with van der Waals surface area (Å²) in [6.07, 6.45) is 1.56. The summed E-state index contributed by atoms with van der Waals surface area (Å²) < 4.78 is 0. The van der Waals surface area contributed by atoms with Gasteiger partial charge in [0, 0.05) is 44.9 Å². The first-order valence-electron chi connectivity index (χ1n) is 11.3. The molecule has 3 heterocycles. The van der Waals surface area contributed by atoms with Crippen LogP contribution in [0, 0.1) is 10.1 Å². The Bertz CT molecular complexity index is 1060. The molecular formula is C23H28N6O5. The maximum atomic E-state index is 13.5. The minimum absolute atomic E-state index is 0.0876. The Kier molecular flexibility index (Phi) is 6.64. The van der Waals surface area contributed by atoms with E-state index in [0.29, 0.717) is 29.9 Å². The van der Waals surface area contributed by atoms with Crippen molar-refractivity contribution in [1.29, 1.82) is 0 Å². The Morgan fingerprint density at radius 1 is 1.26 bits per heavy atom. The molecule has 0 spiro atoms. The lowest BCUT2D eigenvalue weighted by molar-refractivity contribution is -0.384. The van der Waals surface area contributed by atoms with Gasteiger partial charge in [-0.25, -0.2) is 4.79 Å². The van der Waals surface area contributed by atoms with Crippen molar-refractivity contribution in [3.8, 4) is 0 Å². The smallest absolute Gasteiger partial charge is 0.322 e. The summed E-state index contributed by atoms with van der Waals surface area (Å²) in [6, 6.07) is 4.60. The van der Waals surface area contributed by atoms with E-state index in [4.69, 9.17) is 0 Å². The van der Waals surface area contributed by atoms with Gasteiger partial charge in [-0.05, 0) is 12.1 Å². The Morgan fingerprint density at radius 2 is 2.00 bits per heavy atom. The zero-order valence-corrected chi connectivity index (χ0v) is 19.1. The highest BCUT2D eigenvalue weighted by molar-refractivity contribution is 6.03. The van der Waals surface area contributed by atoms with Gasteiger partial charge in [0.1, 0.15) is 6.54 Å². The van der Waals surface area contributed by atoms with Gasteiger partial charge >= 0.3 is 6.03 Å². The van der Waals surface area contributed by atoms with Gasteiger partial charge in [0.2, 0.25) is 5.91 Å². The van der Waals surface area contributed by atoms with E-state index >= 15 is 0 Å². The Morgan fingerprint density at radius 3 is 2.65 bits per heavy atom. The summed E-state index contributed by atoms with van der Waals surface area (Å²) in [4.78, 5) is 56.9. The van der Waals surface area contributed by atoms with Gasteiger partial charge in [-0.3, -0.25) is 24.6 Å². The van der Waals surface area contributed by atoms with Crippen LogP contribution in [0.25, 0.3) is 0 Å². The van der Waals surface area contributed by atoms with Crippen molar-refractivity contribution in [3.05, 3.63) is 63.9 Å². The fraction of sp³-hybridized carbons (Fsp3) is 0.435. The first-order chi connectivity index (χ1) is 16.3. The normalized spacial score (nSPS) is 21.0. The van der Waals surface area contributed by atoms with E-state index in [1.54, 1.807) is 17.0 Å². The number of nitrogens with one attached hydrogen (secondary N) is 1. The van der Waals surface area contributed by atoms with Crippen LogP contribution in [0.5, 0.6) is 0 Å². The highest BCUT2D eigenvalue weighted by Crippen LogP contribution is 2.37. The van der Waals surface area contributed by atoms with E-state index in [-0.39, 0.29) is 37.1 Å². The fourth-order valence-corrected chi connectivity index (χ4v) is 4.64. The first kappa shape index (κ1) is 23.4. The number of nitrogens with zero attached hydrogens (tertiary/aromatic N) is 5. The number of carbonyl (C=O) groups excluding carboxylic acids is 3. The molecule has 3 aliphatic rings. The molecule has 0 radical (unpaired) electrons. The lowest BCUT2D eigenvalue weighted by atomic mass is 9.95. The molecule has 1 saturated heterocycles. The summed E-state index contributed by atoms with van der Waals surface area (Å²) in [5.41, 5.74) is 1.12. The van der Waals surface area contributed by atoms with Crippen LogP contribution in [0.1, 0.15) is 18.5 Å². The van der Waals surface area contributed by atoms with Crippen molar-refractivity contribution in [1.82, 2.24) is 24.9 Å². The quantitative estimate of drug-likeness (QED) is 0.364. The molecule has 0 bridgehead atoms. The first-order valence-corrected chi connectivity index (χ1v) is 11.3. The van der Waals surface area contributed by atoms with E-state index in [2.05, 4.69) is 23.7 Å². The fourth-order valence-electron chi connectivity index (χ4n) is 4.64. The summed E-state index contributed by atoms with van der Waals surface area (Å²) in [5, 5.41) is 14.1. The molecule has 4 rings (SSSR count). The van der Waals surface area contributed by atoms with Crippen molar-refractivity contribution in [2.45, 2.75) is 13.0 Å². The van der Waals surface area contributed by atoms with Crippen LogP contribution in [-0.4, -0.2) is 94.7 Å². The van der Waals surface area contributed by atoms with Crippen molar-refractivity contribution >= 4 is 23.5 Å². The summed E-state index contributed by atoms with van der Waals surface area (Å²) in [6.45, 7) is 9.74. The zero-order chi connectivity index (χ0) is 24.4. The van der Waals surface area contributed by atoms with Gasteiger partial charge in [-0.2, -0.15) is 0 Å². The molecule has 0 aliphatic carbocycles. The van der Waals surface area contributed by atoms with Crippen LogP contribution >= 0.6 is 0 Å². The van der Waals surface area contributed by atoms with Crippen LogP contribution < -0.4 is 5.32 Å².